The van der Waals surface area contributed by atoms with Gasteiger partial charge in [0.1, 0.15) is 23.8 Å². The van der Waals surface area contributed by atoms with Gasteiger partial charge < -0.3 is 14.7 Å². The molecule has 5 heteroatoms. The minimum absolute atomic E-state index is 0.141. The number of aliphatic carboxylic acids is 1. The molecule has 0 bridgehead atoms. The molecule has 2 aliphatic heterocycles. The standard InChI is InChI=1S/C15H17NO4/c1-15(14(18)19)7-4-8-16(15)13(17)11-9-20-12-6-3-2-5-10(11)12/h2-3,5-6,11H,4,7-9H2,1H3,(H,18,19). The second kappa shape index (κ2) is 4.51. The highest BCUT2D eigenvalue weighted by molar-refractivity contribution is 5.91. The minimum Gasteiger partial charge on any atom is -0.492 e. The van der Waals surface area contributed by atoms with Crippen LogP contribution in [0.25, 0.3) is 0 Å². The predicted octanol–water partition coefficient (Wildman–Crippen LogP) is 1.63. The summed E-state index contributed by atoms with van der Waals surface area (Å²) in [6, 6.07) is 7.44. The number of amides is 1. The number of fused-ring (bicyclic) bond motifs is 1. The molecule has 2 unspecified atom stereocenters. The number of carbonyl (C=O) groups excluding carboxylic acids is 1. The predicted molar refractivity (Wildman–Crippen MR) is 71.7 cm³/mol. The number of hydrogen-bond donors (Lipinski definition) is 1. The number of benzene rings is 1. The summed E-state index contributed by atoms with van der Waals surface area (Å²) in [5.41, 5.74) is -0.230. The van der Waals surface area contributed by atoms with Crippen LogP contribution >= 0.6 is 0 Å². The maximum absolute atomic E-state index is 12.7. The van der Waals surface area contributed by atoms with Gasteiger partial charge >= 0.3 is 5.97 Å². The molecular formula is C15H17NO4. The highest BCUT2D eigenvalue weighted by Crippen LogP contribution is 2.38. The molecule has 0 aromatic heterocycles. The van der Waals surface area contributed by atoms with E-state index < -0.39 is 11.5 Å². The van der Waals surface area contributed by atoms with Gasteiger partial charge in [0.05, 0.1) is 0 Å². The molecule has 1 amide bonds. The summed E-state index contributed by atoms with van der Waals surface area (Å²) in [5, 5.41) is 9.40. The Morgan fingerprint density at radius 3 is 2.90 bits per heavy atom. The minimum atomic E-state index is -1.09. The maximum atomic E-state index is 12.7. The van der Waals surface area contributed by atoms with Crippen LogP contribution in [-0.2, 0) is 9.59 Å². The van der Waals surface area contributed by atoms with Gasteiger partial charge in [-0.25, -0.2) is 4.79 Å². The van der Waals surface area contributed by atoms with Crippen LogP contribution in [0.2, 0.25) is 0 Å². The van der Waals surface area contributed by atoms with Gasteiger partial charge in [-0.05, 0) is 25.8 Å². The van der Waals surface area contributed by atoms with Crippen LogP contribution in [0, 0.1) is 0 Å². The van der Waals surface area contributed by atoms with Gasteiger partial charge in [0.25, 0.3) is 0 Å². The van der Waals surface area contributed by atoms with E-state index in [0.717, 1.165) is 17.7 Å². The molecular weight excluding hydrogens is 258 g/mol. The molecule has 2 atom stereocenters. The smallest absolute Gasteiger partial charge is 0.329 e. The number of nitrogens with zero attached hydrogens (tertiary/aromatic N) is 1. The number of rotatable bonds is 2. The number of carbonyl (C=O) groups is 2. The number of carboxylic acids is 1. The molecule has 1 aromatic rings. The monoisotopic (exact) mass is 275 g/mol. The molecule has 2 aliphatic rings. The van der Waals surface area contributed by atoms with Crippen molar-refractivity contribution in [3.63, 3.8) is 0 Å². The van der Waals surface area contributed by atoms with Crippen molar-refractivity contribution in [1.82, 2.24) is 4.90 Å². The Morgan fingerprint density at radius 1 is 1.40 bits per heavy atom. The van der Waals surface area contributed by atoms with Crippen molar-refractivity contribution < 1.29 is 19.4 Å². The Balaban J connectivity index is 1.89. The second-order valence-electron chi connectivity index (χ2n) is 5.57. The topological polar surface area (TPSA) is 66.8 Å². The first-order chi connectivity index (χ1) is 9.54. The first-order valence-corrected chi connectivity index (χ1v) is 6.80. The zero-order chi connectivity index (χ0) is 14.3. The van der Waals surface area contributed by atoms with Gasteiger partial charge in [0, 0.05) is 12.1 Å². The lowest BCUT2D eigenvalue weighted by Gasteiger charge is -2.32. The van der Waals surface area contributed by atoms with E-state index in [2.05, 4.69) is 0 Å². The summed E-state index contributed by atoms with van der Waals surface area (Å²) in [6.07, 6.45) is 1.23. The van der Waals surface area contributed by atoms with Crippen LogP contribution in [0.15, 0.2) is 24.3 Å². The number of carboxylic acid groups (broad SMARTS) is 1. The van der Waals surface area contributed by atoms with Gasteiger partial charge in [-0.15, -0.1) is 0 Å². The van der Waals surface area contributed by atoms with Crippen LogP contribution < -0.4 is 4.74 Å². The molecule has 2 heterocycles. The summed E-state index contributed by atoms with van der Waals surface area (Å²) in [5.74, 6) is -0.738. The number of hydrogen-bond acceptors (Lipinski definition) is 3. The van der Waals surface area contributed by atoms with E-state index in [0.29, 0.717) is 19.6 Å². The van der Waals surface area contributed by atoms with Crippen molar-refractivity contribution in [3.8, 4) is 5.75 Å². The second-order valence-corrected chi connectivity index (χ2v) is 5.57. The van der Waals surface area contributed by atoms with Crippen LogP contribution in [0.4, 0.5) is 0 Å². The van der Waals surface area contributed by atoms with E-state index in [1.807, 2.05) is 24.3 Å². The van der Waals surface area contributed by atoms with E-state index in [1.54, 1.807) is 6.92 Å². The van der Waals surface area contributed by atoms with Gasteiger partial charge in [-0.2, -0.15) is 0 Å². The Kier molecular flexibility index (Phi) is 2.92. The molecule has 1 fully saturated rings. The van der Waals surface area contributed by atoms with Gasteiger partial charge in [-0.3, -0.25) is 4.79 Å². The Labute approximate surface area is 117 Å². The summed E-state index contributed by atoms with van der Waals surface area (Å²) < 4.78 is 5.53. The number of ether oxygens (including phenoxy) is 1. The van der Waals surface area contributed by atoms with Crippen molar-refractivity contribution in [2.45, 2.75) is 31.2 Å². The van der Waals surface area contributed by atoms with Crippen LogP contribution in [0.5, 0.6) is 5.75 Å². The van der Waals surface area contributed by atoms with Crippen molar-refractivity contribution in [2.24, 2.45) is 0 Å². The lowest BCUT2D eigenvalue weighted by atomic mass is 9.95. The molecule has 1 saturated heterocycles. The van der Waals surface area contributed by atoms with Gasteiger partial charge in [0.15, 0.2) is 0 Å². The Bertz CT molecular complexity index is 571. The fourth-order valence-corrected chi connectivity index (χ4v) is 3.09. The van der Waals surface area contributed by atoms with Crippen molar-refractivity contribution in [1.29, 1.82) is 0 Å². The molecule has 106 valence electrons. The molecule has 5 nitrogen and oxygen atoms in total. The van der Waals surface area contributed by atoms with E-state index in [4.69, 9.17) is 4.74 Å². The third-order valence-corrected chi connectivity index (χ3v) is 4.37. The Hall–Kier alpha value is -2.04. The first-order valence-electron chi connectivity index (χ1n) is 6.80. The van der Waals surface area contributed by atoms with Gasteiger partial charge in [-0.1, -0.05) is 18.2 Å². The Morgan fingerprint density at radius 2 is 2.15 bits per heavy atom. The van der Waals surface area contributed by atoms with Crippen LogP contribution in [0.1, 0.15) is 31.2 Å². The summed E-state index contributed by atoms with van der Waals surface area (Å²) in [6.45, 7) is 2.42. The molecule has 1 N–H and O–H groups in total. The molecule has 0 aliphatic carbocycles. The quantitative estimate of drug-likeness (QED) is 0.890. The summed E-state index contributed by atoms with van der Waals surface area (Å²) in [7, 11) is 0. The first kappa shape index (κ1) is 13.0. The van der Waals surface area contributed by atoms with E-state index in [-0.39, 0.29) is 11.8 Å². The molecule has 1 aromatic carbocycles. The third kappa shape index (κ3) is 1.77. The lowest BCUT2D eigenvalue weighted by molar-refractivity contribution is -0.156. The van der Waals surface area contributed by atoms with E-state index in [1.165, 1.54) is 4.90 Å². The third-order valence-electron chi connectivity index (χ3n) is 4.37. The van der Waals surface area contributed by atoms with E-state index in [9.17, 15) is 14.7 Å². The van der Waals surface area contributed by atoms with Crippen molar-refractivity contribution >= 4 is 11.9 Å². The van der Waals surface area contributed by atoms with Gasteiger partial charge in [0.2, 0.25) is 5.91 Å². The van der Waals surface area contributed by atoms with E-state index >= 15 is 0 Å². The summed E-state index contributed by atoms with van der Waals surface area (Å²) in [4.78, 5) is 25.7. The largest absolute Gasteiger partial charge is 0.492 e. The highest BCUT2D eigenvalue weighted by Gasteiger charge is 2.48. The van der Waals surface area contributed by atoms with Crippen LogP contribution in [0.3, 0.4) is 0 Å². The van der Waals surface area contributed by atoms with Crippen LogP contribution in [-0.4, -0.2) is 40.6 Å². The van der Waals surface area contributed by atoms with Crippen molar-refractivity contribution in [3.05, 3.63) is 29.8 Å². The summed E-state index contributed by atoms with van der Waals surface area (Å²) >= 11 is 0. The molecule has 0 spiro atoms. The van der Waals surface area contributed by atoms with Crippen molar-refractivity contribution in [2.75, 3.05) is 13.2 Å². The SMILES string of the molecule is CC1(C(=O)O)CCCN1C(=O)C1COc2ccccc21. The molecule has 0 radical (unpaired) electrons. The highest BCUT2D eigenvalue weighted by atomic mass is 16.5. The maximum Gasteiger partial charge on any atom is 0.329 e. The lowest BCUT2D eigenvalue weighted by Crippen LogP contribution is -2.52. The normalized spacial score (nSPS) is 28.1. The average Bonchev–Trinajstić information content (AvgIpc) is 3.02. The molecule has 20 heavy (non-hydrogen) atoms. The fourth-order valence-electron chi connectivity index (χ4n) is 3.09. The zero-order valence-corrected chi connectivity index (χ0v) is 11.3. The number of likely N-dealkylation sites (tertiary alicyclic amines) is 1. The average molecular weight is 275 g/mol. The zero-order valence-electron chi connectivity index (χ0n) is 11.3. The fraction of sp³-hybridized carbons (Fsp3) is 0.467. The molecule has 3 rings (SSSR count). The molecule has 0 saturated carbocycles. The number of para-hydroxylation sites is 1.